The summed E-state index contributed by atoms with van der Waals surface area (Å²) in [7, 11) is 1.81. The molecule has 1 atom stereocenters. The topological polar surface area (TPSA) is 12.5 Å². The van der Waals surface area contributed by atoms with E-state index in [4.69, 9.17) is 4.74 Å². The van der Waals surface area contributed by atoms with E-state index >= 15 is 0 Å². The molecule has 0 radical (unpaired) electrons. The van der Waals surface area contributed by atoms with Crippen molar-refractivity contribution in [3.05, 3.63) is 0 Å². The average Bonchev–Trinajstić information content (AvgIpc) is 2.50. The molecule has 0 aromatic rings. The highest BCUT2D eigenvalue weighted by Crippen LogP contribution is 2.34. The molecule has 13 heavy (non-hydrogen) atoms. The fraction of sp³-hybridized carbons (Fsp3) is 1.00. The standard InChI is InChI=1S/C11H23NO/c1-5-11(9-13-4)7-6-8-12(11)10(2)3/h10H,5-9H2,1-4H3. The van der Waals surface area contributed by atoms with E-state index in [9.17, 15) is 0 Å². The van der Waals surface area contributed by atoms with Crippen molar-refractivity contribution >= 4 is 0 Å². The van der Waals surface area contributed by atoms with E-state index in [0.29, 0.717) is 11.6 Å². The summed E-state index contributed by atoms with van der Waals surface area (Å²) < 4.78 is 5.36. The van der Waals surface area contributed by atoms with Crippen LogP contribution in [-0.2, 0) is 4.74 Å². The minimum atomic E-state index is 0.336. The average molecular weight is 185 g/mol. The third kappa shape index (κ3) is 2.05. The van der Waals surface area contributed by atoms with Crippen LogP contribution in [-0.4, -0.2) is 36.7 Å². The maximum absolute atomic E-state index is 5.36. The Labute approximate surface area is 82.3 Å². The number of likely N-dealkylation sites (tertiary alicyclic amines) is 1. The second-order valence-corrected chi connectivity index (χ2v) is 4.40. The van der Waals surface area contributed by atoms with Crippen molar-refractivity contribution in [2.75, 3.05) is 20.3 Å². The van der Waals surface area contributed by atoms with E-state index < -0.39 is 0 Å². The van der Waals surface area contributed by atoms with Gasteiger partial charge in [0.1, 0.15) is 0 Å². The molecule has 1 heterocycles. The maximum atomic E-state index is 5.36. The molecule has 78 valence electrons. The molecule has 0 aliphatic carbocycles. The van der Waals surface area contributed by atoms with Crippen LogP contribution in [0.2, 0.25) is 0 Å². The molecule has 0 N–H and O–H groups in total. The first-order chi connectivity index (χ1) is 6.16. The molecule has 1 unspecified atom stereocenters. The molecule has 0 aromatic carbocycles. The number of rotatable bonds is 4. The van der Waals surface area contributed by atoms with E-state index in [-0.39, 0.29) is 0 Å². The van der Waals surface area contributed by atoms with Crippen molar-refractivity contribution in [2.45, 2.75) is 51.6 Å². The summed E-state index contributed by atoms with van der Waals surface area (Å²) in [4.78, 5) is 2.61. The van der Waals surface area contributed by atoms with Gasteiger partial charge in [-0.05, 0) is 39.7 Å². The normalized spacial score (nSPS) is 30.2. The first kappa shape index (κ1) is 11.0. The van der Waals surface area contributed by atoms with Crippen molar-refractivity contribution < 1.29 is 4.74 Å². The largest absolute Gasteiger partial charge is 0.383 e. The van der Waals surface area contributed by atoms with Gasteiger partial charge >= 0.3 is 0 Å². The second-order valence-electron chi connectivity index (χ2n) is 4.40. The van der Waals surface area contributed by atoms with Crippen LogP contribution in [0.25, 0.3) is 0 Å². The van der Waals surface area contributed by atoms with Crippen LogP contribution in [0.15, 0.2) is 0 Å². The summed E-state index contributed by atoms with van der Waals surface area (Å²) in [5, 5.41) is 0. The van der Waals surface area contributed by atoms with Gasteiger partial charge in [0.05, 0.1) is 6.61 Å². The fourth-order valence-electron chi connectivity index (χ4n) is 2.67. The predicted octanol–water partition coefficient (Wildman–Crippen LogP) is 2.29. The molecule has 0 aromatic heterocycles. The molecule has 2 heteroatoms. The van der Waals surface area contributed by atoms with Gasteiger partial charge in [-0.3, -0.25) is 4.90 Å². The van der Waals surface area contributed by atoms with Gasteiger partial charge < -0.3 is 4.74 Å². The Morgan fingerprint density at radius 3 is 2.62 bits per heavy atom. The van der Waals surface area contributed by atoms with E-state index in [2.05, 4.69) is 25.7 Å². The summed E-state index contributed by atoms with van der Waals surface area (Å²) in [5.74, 6) is 0. The molecular formula is C11H23NO. The van der Waals surface area contributed by atoms with E-state index in [1.54, 1.807) is 0 Å². The highest BCUT2D eigenvalue weighted by atomic mass is 16.5. The monoisotopic (exact) mass is 185 g/mol. The third-order valence-electron chi connectivity index (χ3n) is 3.34. The van der Waals surface area contributed by atoms with Crippen molar-refractivity contribution in [2.24, 2.45) is 0 Å². The van der Waals surface area contributed by atoms with Crippen LogP contribution in [0, 0.1) is 0 Å². The van der Waals surface area contributed by atoms with Gasteiger partial charge in [0.15, 0.2) is 0 Å². The lowest BCUT2D eigenvalue weighted by molar-refractivity contribution is 0.0177. The summed E-state index contributed by atoms with van der Waals surface area (Å²) in [6, 6.07) is 0.651. The first-order valence-electron chi connectivity index (χ1n) is 5.42. The van der Waals surface area contributed by atoms with Crippen LogP contribution < -0.4 is 0 Å². The number of methoxy groups -OCH3 is 1. The summed E-state index contributed by atoms with van der Waals surface area (Å²) >= 11 is 0. The Kier molecular flexibility index (Phi) is 3.74. The Bertz CT molecular complexity index is 158. The molecular weight excluding hydrogens is 162 g/mol. The Morgan fingerprint density at radius 2 is 2.15 bits per heavy atom. The minimum Gasteiger partial charge on any atom is -0.383 e. The Hall–Kier alpha value is -0.0800. The zero-order chi connectivity index (χ0) is 9.90. The smallest absolute Gasteiger partial charge is 0.0646 e. The minimum absolute atomic E-state index is 0.336. The number of hydrogen-bond acceptors (Lipinski definition) is 2. The number of ether oxygens (including phenoxy) is 1. The Balaban J connectivity index is 2.70. The van der Waals surface area contributed by atoms with Crippen LogP contribution in [0.1, 0.15) is 40.0 Å². The molecule has 0 saturated carbocycles. The van der Waals surface area contributed by atoms with Crippen molar-refractivity contribution in [1.29, 1.82) is 0 Å². The van der Waals surface area contributed by atoms with Gasteiger partial charge in [-0.25, -0.2) is 0 Å². The maximum Gasteiger partial charge on any atom is 0.0646 e. The van der Waals surface area contributed by atoms with Gasteiger partial charge in [0.25, 0.3) is 0 Å². The fourth-order valence-corrected chi connectivity index (χ4v) is 2.67. The SMILES string of the molecule is CCC1(COC)CCCN1C(C)C. The molecule has 1 aliphatic rings. The van der Waals surface area contributed by atoms with Crippen molar-refractivity contribution in [1.82, 2.24) is 4.90 Å². The molecule has 2 nitrogen and oxygen atoms in total. The third-order valence-corrected chi connectivity index (χ3v) is 3.34. The summed E-state index contributed by atoms with van der Waals surface area (Å²) in [5.41, 5.74) is 0.336. The van der Waals surface area contributed by atoms with Gasteiger partial charge in [0.2, 0.25) is 0 Å². The summed E-state index contributed by atoms with van der Waals surface area (Å²) in [6.07, 6.45) is 3.84. The Morgan fingerprint density at radius 1 is 1.46 bits per heavy atom. The molecule has 0 spiro atoms. The first-order valence-corrected chi connectivity index (χ1v) is 5.42. The molecule has 0 bridgehead atoms. The zero-order valence-electron chi connectivity index (χ0n) is 9.47. The van der Waals surface area contributed by atoms with Gasteiger partial charge in [-0.15, -0.1) is 0 Å². The van der Waals surface area contributed by atoms with E-state index in [0.717, 1.165) is 6.61 Å². The molecule has 1 fully saturated rings. The van der Waals surface area contributed by atoms with Crippen LogP contribution in [0.5, 0.6) is 0 Å². The van der Waals surface area contributed by atoms with Gasteiger partial charge in [-0.2, -0.15) is 0 Å². The van der Waals surface area contributed by atoms with Crippen LogP contribution in [0.4, 0.5) is 0 Å². The van der Waals surface area contributed by atoms with Crippen LogP contribution in [0.3, 0.4) is 0 Å². The lowest BCUT2D eigenvalue weighted by atomic mass is 9.93. The molecule has 1 aliphatic heterocycles. The predicted molar refractivity (Wildman–Crippen MR) is 56.0 cm³/mol. The van der Waals surface area contributed by atoms with Crippen molar-refractivity contribution in [3.8, 4) is 0 Å². The van der Waals surface area contributed by atoms with Crippen molar-refractivity contribution in [3.63, 3.8) is 0 Å². The van der Waals surface area contributed by atoms with E-state index in [1.807, 2.05) is 7.11 Å². The molecule has 1 saturated heterocycles. The zero-order valence-corrected chi connectivity index (χ0v) is 9.47. The molecule has 1 rings (SSSR count). The second kappa shape index (κ2) is 4.43. The highest BCUT2D eigenvalue weighted by molar-refractivity contribution is 4.96. The number of hydrogen-bond donors (Lipinski definition) is 0. The van der Waals surface area contributed by atoms with Crippen LogP contribution >= 0.6 is 0 Å². The summed E-state index contributed by atoms with van der Waals surface area (Å²) in [6.45, 7) is 8.98. The lowest BCUT2D eigenvalue weighted by Gasteiger charge is -2.40. The van der Waals surface area contributed by atoms with Gasteiger partial charge in [-0.1, -0.05) is 6.92 Å². The lowest BCUT2D eigenvalue weighted by Crippen LogP contribution is -2.50. The quantitative estimate of drug-likeness (QED) is 0.666. The van der Waals surface area contributed by atoms with Gasteiger partial charge in [0, 0.05) is 18.7 Å². The number of nitrogens with zero attached hydrogens (tertiary/aromatic N) is 1. The molecule has 0 amide bonds. The van der Waals surface area contributed by atoms with E-state index in [1.165, 1.54) is 25.8 Å². The highest BCUT2D eigenvalue weighted by Gasteiger charge is 2.40.